The van der Waals surface area contributed by atoms with Crippen LogP contribution < -0.4 is 0 Å². The minimum absolute atomic E-state index is 0.275. The van der Waals surface area contributed by atoms with Crippen molar-refractivity contribution in [3.05, 3.63) is 12.2 Å². The average molecular weight is 359 g/mol. The molecule has 0 aromatic rings. The number of ether oxygens (including phenoxy) is 2. The minimum atomic E-state index is -1.05. The Morgan fingerprint density at radius 3 is 2.24 bits per heavy atom. The molecular weight excluding hydrogens is 320 g/mol. The van der Waals surface area contributed by atoms with E-state index in [9.17, 15) is 10.2 Å². The highest BCUT2D eigenvalue weighted by molar-refractivity contribution is 4.88. The summed E-state index contributed by atoms with van der Waals surface area (Å²) in [4.78, 5) is 0. The highest BCUT2D eigenvalue weighted by atomic mass is 16.6. The van der Waals surface area contributed by atoms with Gasteiger partial charge in [0.1, 0.15) is 24.4 Å². The molecule has 3 N–H and O–H groups in total. The molecule has 1 heterocycles. The molecule has 0 amide bonds. The van der Waals surface area contributed by atoms with Crippen LogP contribution in [0.2, 0.25) is 0 Å². The van der Waals surface area contributed by atoms with Crippen LogP contribution in [0, 0.1) is 0 Å². The lowest BCUT2D eigenvalue weighted by molar-refractivity contribution is -0.0730. The van der Waals surface area contributed by atoms with Crippen molar-refractivity contribution in [2.45, 2.75) is 95.5 Å². The second-order valence-electron chi connectivity index (χ2n) is 6.99. The summed E-state index contributed by atoms with van der Waals surface area (Å²) in [7, 11) is 0. The van der Waals surface area contributed by atoms with Crippen molar-refractivity contribution >= 4 is 0 Å². The predicted octanol–water partition coefficient (Wildman–Crippen LogP) is 2.96. The smallest absolute Gasteiger partial charge is 0.114 e. The van der Waals surface area contributed by atoms with Crippen molar-refractivity contribution in [1.29, 1.82) is 0 Å². The summed E-state index contributed by atoms with van der Waals surface area (Å²) in [5.41, 5.74) is 0. The average Bonchev–Trinajstić information content (AvgIpc) is 2.99. The van der Waals surface area contributed by atoms with Gasteiger partial charge in [-0.15, -0.1) is 0 Å². The van der Waals surface area contributed by atoms with Crippen molar-refractivity contribution in [1.82, 2.24) is 0 Å². The van der Waals surface area contributed by atoms with Crippen molar-refractivity contribution in [3.8, 4) is 0 Å². The van der Waals surface area contributed by atoms with Gasteiger partial charge in [-0.05, 0) is 26.2 Å². The van der Waals surface area contributed by atoms with Gasteiger partial charge >= 0.3 is 0 Å². The number of unbranched alkanes of at least 4 members (excludes halogenated alkanes) is 9. The zero-order chi connectivity index (χ0) is 18.3. The molecule has 4 atom stereocenters. The normalized spacial score (nSPS) is 25.0. The summed E-state index contributed by atoms with van der Waals surface area (Å²) in [6.07, 6.45) is 13.9. The largest absolute Gasteiger partial charge is 0.394 e. The first-order valence-corrected chi connectivity index (χ1v) is 10.0. The van der Waals surface area contributed by atoms with E-state index in [2.05, 4.69) is 19.1 Å². The fraction of sp³-hybridized carbons (Fsp3) is 0.900. The van der Waals surface area contributed by atoms with Gasteiger partial charge in [0, 0.05) is 6.61 Å². The van der Waals surface area contributed by atoms with Crippen LogP contribution in [0.25, 0.3) is 0 Å². The highest BCUT2D eigenvalue weighted by Crippen LogP contribution is 2.20. The first kappa shape index (κ1) is 22.6. The highest BCUT2D eigenvalue weighted by Gasteiger charge is 2.40. The monoisotopic (exact) mass is 358 g/mol. The second kappa shape index (κ2) is 14.7. The lowest BCUT2D eigenvalue weighted by Gasteiger charge is -2.20. The molecule has 0 saturated carbocycles. The van der Waals surface area contributed by atoms with E-state index >= 15 is 0 Å². The lowest BCUT2D eigenvalue weighted by atomic mass is 10.1. The van der Waals surface area contributed by atoms with Crippen LogP contribution in [0.15, 0.2) is 12.2 Å². The fourth-order valence-electron chi connectivity index (χ4n) is 3.21. The first-order chi connectivity index (χ1) is 12.2. The Bertz CT molecular complexity index is 334. The van der Waals surface area contributed by atoms with Crippen LogP contribution in [0.3, 0.4) is 0 Å². The summed E-state index contributed by atoms with van der Waals surface area (Å²) in [6.45, 7) is 2.55. The van der Waals surface area contributed by atoms with Crippen LogP contribution >= 0.6 is 0 Å². The Hall–Kier alpha value is -0.460. The Morgan fingerprint density at radius 1 is 1.04 bits per heavy atom. The summed E-state index contributed by atoms with van der Waals surface area (Å²) in [5, 5.41) is 28.5. The van der Waals surface area contributed by atoms with Crippen molar-refractivity contribution < 1.29 is 24.8 Å². The van der Waals surface area contributed by atoms with Crippen molar-refractivity contribution in [3.63, 3.8) is 0 Å². The Labute approximate surface area is 153 Å². The Kier molecular flexibility index (Phi) is 13.3. The maximum atomic E-state index is 10.0. The van der Waals surface area contributed by atoms with E-state index in [4.69, 9.17) is 14.6 Å². The Morgan fingerprint density at radius 2 is 1.64 bits per heavy atom. The summed E-state index contributed by atoms with van der Waals surface area (Å²) in [6, 6.07) is 0. The molecule has 0 bridgehead atoms. The van der Waals surface area contributed by atoms with E-state index in [1.54, 1.807) is 0 Å². The van der Waals surface area contributed by atoms with Crippen LogP contribution in [-0.2, 0) is 9.47 Å². The van der Waals surface area contributed by atoms with Crippen LogP contribution in [0.4, 0.5) is 0 Å². The molecule has 0 spiro atoms. The molecule has 5 nitrogen and oxygen atoms in total. The summed E-state index contributed by atoms with van der Waals surface area (Å²) >= 11 is 0. The van der Waals surface area contributed by atoms with Gasteiger partial charge < -0.3 is 24.8 Å². The number of aliphatic hydroxyl groups is 3. The molecule has 0 unspecified atom stereocenters. The Balaban J connectivity index is 1.88. The SMILES string of the molecule is C/C=C/CCCCCCCCCCCO[C@@H]1CO[C@H]([C@@H](O)CO)[C@@H]1O. The third-order valence-corrected chi connectivity index (χ3v) is 4.82. The molecule has 1 fully saturated rings. The maximum Gasteiger partial charge on any atom is 0.114 e. The molecule has 0 radical (unpaired) electrons. The topological polar surface area (TPSA) is 79.2 Å². The number of allylic oxidation sites excluding steroid dienone is 2. The molecule has 148 valence electrons. The van der Waals surface area contributed by atoms with Gasteiger partial charge in [-0.25, -0.2) is 0 Å². The van der Waals surface area contributed by atoms with E-state index < -0.39 is 31.0 Å². The number of aliphatic hydroxyl groups excluding tert-OH is 3. The molecule has 1 saturated heterocycles. The third-order valence-electron chi connectivity index (χ3n) is 4.82. The van der Waals surface area contributed by atoms with E-state index in [1.165, 1.54) is 51.4 Å². The summed E-state index contributed by atoms with van der Waals surface area (Å²) in [5.74, 6) is 0. The quantitative estimate of drug-likeness (QED) is 0.310. The van der Waals surface area contributed by atoms with Crippen LogP contribution in [0.1, 0.15) is 71.1 Å². The van der Waals surface area contributed by atoms with Gasteiger partial charge in [0.15, 0.2) is 0 Å². The van der Waals surface area contributed by atoms with Gasteiger partial charge in [0.2, 0.25) is 0 Å². The predicted molar refractivity (Wildman–Crippen MR) is 99.6 cm³/mol. The zero-order valence-electron chi connectivity index (χ0n) is 15.8. The fourth-order valence-corrected chi connectivity index (χ4v) is 3.21. The van der Waals surface area contributed by atoms with Gasteiger partial charge in [-0.1, -0.05) is 57.1 Å². The van der Waals surface area contributed by atoms with Crippen LogP contribution in [0.5, 0.6) is 0 Å². The van der Waals surface area contributed by atoms with Crippen molar-refractivity contribution in [2.75, 3.05) is 19.8 Å². The van der Waals surface area contributed by atoms with Gasteiger partial charge in [-0.2, -0.15) is 0 Å². The molecular formula is C20H38O5. The van der Waals surface area contributed by atoms with Crippen LogP contribution in [-0.4, -0.2) is 59.6 Å². The van der Waals surface area contributed by atoms with E-state index in [1.807, 2.05) is 0 Å². The molecule has 0 aromatic carbocycles. The minimum Gasteiger partial charge on any atom is -0.394 e. The van der Waals surface area contributed by atoms with E-state index in [0.29, 0.717) is 6.61 Å². The number of hydrogen-bond acceptors (Lipinski definition) is 5. The van der Waals surface area contributed by atoms with E-state index in [0.717, 1.165) is 12.8 Å². The molecule has 1 rings (SSSR count). The van der Waals surface area contributed by atoms with Gasteiger partial charge in [0.25, 0.3) is 0 Å². The zero-order valence-corrected chi connectivity index (χ0v) is 15.8. The molecule has 1 aliphatic heterocycles. The third kappa shape index (κ3) is 9.71. The first-order valence-electron chi connectivity index (χ1n) is 10.0. The van der Waals surface area contributed by atoms with Gasteiger partial charge in [0.05, 0.1) is 13.2 Å². The molecule has 0 aromatic heterocycles. The summed E-state index contributed by atoms with van der Waals surface area (Å²) < 4.78 is 11.0. The second-order valence-corrected chi connectivity index (χ2v) is 6.99. The van der Waals surface area contributed by atoms with Gasteiger partial charge in [-0.3, -0.25) is 0 Å². The molecule has 1 aliphatic rings. The molecule has 5 heteroatoms. The lowest BCUT2D eigenvalue weighted by Crippen LogP contribution is -2.41. The molecule has 25 heavy (non-hydrogen) atoms. The number of hydrogen-bond donors (Lipinski definition) is 3. The number of rotatable bonds is 15. The van der Waals surface area contributed by atoms with Crippen molar-refractivity contribution in [2.24, 2.45) is 0 Å². The maximum absolute atomic E-state index is 10.0. The standard InChI is InChI=1S/C20H38O5/c1-2-3-4-5-6-7-8-9-10-11-12-13-14-24-18-16-25-20(19(18)23)17(22)15-21/h2-3,17-23H,4-16H2,1H3/b3-2+/t17-,18+,19+,20+/m0/s1. The van der Waals surface area contributed by atoms with E-state index in [-0.39, 0.29) is 6.61 Å². The molecule has 0 aliphatic carbocycles.